The number of carbonyl (C=O) groups is 2. The summed E-state index contributed by atoms with van der Waals surface area (Å²) in [5, 5.41) is 11.3. The number of hydrogen-bond donors (Lipinski definition) is 1. The predicted molar refractivity (Wildman–Crippen MR) is 144 cm³/mol. The zero-order valence-corrected chi connectivity index (χ0v) is 23.6. The highest BCUT2D eigenvalue weighted by Gasteiger charge is 2.86. The Hall–Kier alpha value is -1.24. The van der Waals surface area contributed by atoms with Crippen LogP contribution in [0.5, 0.6) is 0 Å². The number of aliphatic carboxylic acids is 1. The molecule has 4 aliphatic carbocycles. The van der Waals surface area contributed by atoms with Crippen LogP contribution >= 0.6 is 0 Å². The summed E-state index contributed by atoms with van der Waals surface area (Å²) >= 11 is 0. The highest BCUT2D eigenvalue weighted by molar-refractivity contribution is 5.90. The Balaban J connectivity index is 1.20. The first-order chi connectivity index (χ1) is 18.2. The molecule has 3 saturated carbocycles. The first-order valence-corrected chi connectivity index (χ1v) is 15.7. The fourth-order valence-corrected chi connectivity index (χ4v) is 11.7. The lowest BCUT2D eigenvalue weighted by molar-refractivity contribution is -0.197. The molecule has 6 heteroatoms. The van der Waals surface area contributed by atoms with Crippen molar-refractivity contribution in [3.8, 4) is 0 Å². The molecular weight excluding hydrogens is 478 g/mol. The zero-order chi connectivity index (χ0) is 26.5. The van der Waals surface area contributed by atoms with Gasteiger partial charge in [0.1, 0.15) is 11.7 Å². The first-order valence-electron chi connectivity index (χ1n) is 15.7. The van der Waals surface area contributed by atoms with Gasteiger partial charge in [0.25, 0.3) is 0 Å². The van der Waals surface area contributed by atoms with Gasteiger partial charge < -0.3 is 24.3 Å². The van der Waals surface area contributed by atoms with E-state index in [1.807, 2.05) is 0 Å². The molecule has 7 rings (SSSR count). The highest BCUT2D eigenvalue weighted by Crippen LogP contribution is 2.84. The van der Waals surface area contributed by atoms with E-state index >= 15 is 0 Å². The Bertz CT molecular complexity index is 1020. The number of fused-ring (bicyclic) bond motifs is 2. The summed E-state index contributed by atoms with van der Waals surface area (Å²) < 4.78 is 13.2. The zero-order valence-electron chi connectivity index (χ0n) is 23.6. The number of rotatable bonds is 6. The van der Waals surface area contributed by atoms with Crippen LogP contribution in [0, 0.1) is 45.8 Å². The van der Waals surface area contributed by atoms with Crippen molar-refractivity contribution >= 4 is 12.3 Å². The lowest BCUT2D eigenvalue weighted by Gasteiger charge is -2.60. The van der Waals surface area contributed by atoms with Crippen LogP contribution in [0.3, 0.4) is 0 Å². The Kier molecular flexibility index (Phi) is 5.84. The summed E-state index contributed by atoms with van der Waals surface area (Å²) in [6.07, 6.45) is 13.7. The lowest BCUT2D eigenvalue weighted by Crippen LogP contribution is -2.65. The van der Waals surface area contributed by atoms with Crippen LogP contribution in [0.1, 0.15) is 85.0 Å². The van der Waals surface area contributed by atoms with E-state index < -0.39 is 22.2 Å². The van der Waals surface area contributed by atoms with Gasteiger partial charge in [0, 0.05) is 31.7 Å². The van der Waals surface area contributed by atoms with Crippen molar-refractivity contribution in [1.29, 1.82) is 0 Å². The summed E-state index contributed by atoms with van der Waals surface area (Å²) in [4.78, 5) is 29.6. The van der Waals surface area contributed by atoms with E-state index in [1.165, 1.54) is 12.8 Å². The molecule has 3 saturated heterocycles. The normalized spacial score (nSPS) is 49.1. The Morgan fingerprint density at radius 2 is 1.95 bits per heavy atom. The number of nitrogens with zero attached hydrogens (tertiary/aromatic N) is 1. The first kappa shape index (κ1) is 25.7. The molecule has 6 unspecified atom stereocenters. The molecule has 6 fully saturated rings. The molecular formula is C32H47NO5. The molecule has 3 aliphatic heterocycles. The van der Waals surface area contributed by atoms with Crippen molar-refractivity contribution in [2.75, 3.05) is 26.2 Å². The van der Waals surface area contributed by atoms with Crippen molar-refractivity contribution < 1.29 is 24.2 Å². The molecule has 210 valence electrons. The van der Waals surface area contributed by atoms with E-state index in [-0.39, 0.29) is 35.6 Å². The van der Waals surface area contributed by atoms with Crippen LogP contribution in [0.25, 0.3) is 0 Å². The minimum atomic E-state index is -1.12. The summed E-state index contributed by atoms with van der Waals surface area (Å²) in [6.45, 7) is 10.6. The maximum Gasteiger partial charge on any atom is 0.315 e. The van der Waals surface area contributed by atoms with Crippen molar-refractivity contribution in [3.63, 3.8) is 0 Å². The van der Waals surface area contributed by atoms with Crippen LogP contribution in [0.4, 0.5) is 0 Å². The largest absolute Gasteiger partial charge is 0.481 e. The monoisotopic (exact) mass is 525 g/mol. The second-order valence-electron chi connectivity index (χ2n) is 14.6. The van der Waals surface area contributed by atoms with E-state index in [1.54, 1.807) is 0 Å². The van der Waals surface area contributed by atoms with Gasteiger partial charge in [-0.05, 0) is 87.4 Å². The molecule has 3 heterocycles. The van der Waals surface area contributed by atoms with E-state index in [4.69, 9.17) is 9.47 Å². The van der Waals surface area contributed by atoms with Crippen molar-refractivity contribution in [2.24, 2.45) is 45.8 Å². The van der Waals surface area contributed by atoms with Crippen LogP contribution in [-0.2, 0) is 19.1 Å². The fourth-order valence-electron chi connectivity index (χ4n) is 11.7. The SMILES string of the molecule is CC(C)C1=CC2CC3(C=O)[C@@H]4CC[C@@H](C)[C@H]4CC2(C2CCC(CN4CCC5(CCCO5)CC4)O2)C13C(=O)O. The molecule has 4 bridgehead atoms. The number of hydrogen-bond acceptors (Lipinski definition) is 5. The summed E-state index contributed by atoms with van der Waals surface area (Å²) in [6, 6.07) is 0. The third-order valence-electron chi connectivity index (χ3n) is 13.1. The average Bonchev–Trinajstić information content (AvgIpc) is 3.70. The number of likely N-dealkylation sites (tertiary alicyclic amines) is 1. The number of allylic oxidation sites excluding steroid dienone is 1. The van der Waals surface area contributed by atoms with Gasteiger partial charge in [-0.2, -0.15) is 0 Å². The number of carboxylic acid groups (broad SMARTS) is 1. The van der Waals surface area contributed by atoms with Gasteiger partial charge in [-0.1, -0.05) is 38.8 Å². The highest BCUT2D eigenvalue weighted by atomic mass is 16.5. The second-order valence-corrected chi connectivity index (χ2v) is 14.6. The summed E-state index contributed by atoms with van der Waals surface area (Å²) in [5.74, 6) is 0.624. The minimum Gasteiger partial charge on any atom is -0.481 e. The molecule has 1 N–H and O–H groups in total. The molecule has 0 amide bonds. The van der Waals surface area contributed by atoms with Gasteiger partial charge in [-0.25, -0.2) is 0 Å². The van der Waals surface area contributed by atoms with Gasteiger partial charge in [-0.3, -0.25) is 4.79 Å². The molecule has 0 aromatic heterocycles. The van der Waals surface area contributed by atoms with Gasteiger partial charge in [0.15, 0.2) is 0 Å². The Morgan fingerprint density at radius 1 is 1.16 bits per heavy atom. The standard InChI is InChI=1S/C32H47NO5/c1-20(2)26-15-22-16-30(19-34)25-7-5-21(3)24(25)17-31(22,32(26,30)28(35)36)27-8-6-23(38-27)18-33-12-10-29(11-13-33)9-4-14-37-29/h15,19-25,27H,4-14,16-18H2,1-3H3,(H,35,36)/t21-,22?,23?,24-,25-,27?,30?,31?,32?/m1/s1. The van der Waals surface area contributed by atoms with E-state index in [0.29, 0.717) is 18.3 Å². The molecule has 7 aliphatic rings. The quantitative estimate of drug-likeness (QED) is 0.384. The van der Waals surface area contributed by atoms with Gasteiger partial charge in [-0.15, -0.1) is 0 Å². The van der Waals surface area contributed by atoms with Crippen LogP contribution in [-0.4, -0.2) is 66.3 Å². The Morgan fingerprint density at radius 3 is 2.61 bits per heavy atom. The van der Waals surface area contributed by atoms with E-state index in [9.17, 15) is 14.7 Å². The smallest absolute Gasteiger partial charge is 0.315 e. The number of carboxylic acids is 1. The number of ether oxygens (including phenoxy) is 2. The lowest BCUT2D eigenvalue weighted by atomic mass is 9.41. The molecule has 38 heavy (non-hydrogen) atoms. The van der Waals surface area contributed by atoms with Crippen molar-refractivity contribution in [3.05, 3.63) is 11.6 Å². The van der Waals surface area contributed by atoms with Crippen molar-refractivity contribution in [1.82, 2.24) is 4.90 Å². The molecule has 1 spiro atoms. The van der Waals surface area contributed by atoms with Gasteiger partial charge in [0.2, 0.25) is 0 Å². The van der Waals surface area contributed by atoms with Crippen molar-refractivity contribution in [2.45, 2.75) is 103 Å². The summed E-state index contributed by atoms with van der Waals surface area (Å²) in [7, 11) is 0. The van der Waals surface area contributed by atoms with E-state index in [0.717, 1.165) is 83.0 Å². The van der Waals surface area contributed by atoms with Crippen LogP contribution in [0.15, 0.2) is 11.6 Å². The number of piperidine rings is 1. The summed E-state index contributed by atoms with van der Waals surface area (Å²) in [5.41, 5.74) is -1.27. The van der Waals surface area contributed by atoms with Crippen LogP contribution < -0.4 is 0 Å². The number of aldehydes is 1. The molecule has 0 radical (unpaired) electrons. The fraction of sp³-hybridized carbons (Fsp3) is 0.875. The molecule has 9 atom stereocenters. The van der Waals surface area contributed by atoms with Gasteiger partial charge >= 0.3 is 5.97 Å². The van der Waals surface area contributed by atoms with Gasteiger partial charge in [0.05, 0.1) is 23.2 Å². The van der Waals surface area contributed by atoms with E-state index in [2.05, 4.69) is 31.7 Å². The van der Waals surface area contributed by atoms with Crippen LogP contribution in [0.2, 0.25) is 0 Å². The third kappa shape index (κ3) is 3.01. The maximum atomic E-state index is 13.8. The Labute approximate surface area is 227 Å². The number of carbonyl (C=O) groups excluding carboxylic acids is 1. The maximum absolute atomic E-state index is 13.8. The third-order valence-corrected chi connectivity index (χ3v) is 13.1. The molecule has 0 aromatic carbocycles. The predicted octanol–water partition coefficient (Wildman–Crippen LogP) is 5.10. The average molecular weight is 526 g/mol. The minimum absolute atomic E-state index is 0.0917. The molecule has 0 aromatic rings. The second kappa shape index (κ2) is 8.63. The molecule has 6 nitrogen and oxygen atoms in total. The topological polar surface area (TPSA) is 76.1 Å².